The lowest BCUT2D eigenvalue weighted by molar-refractivity contribution is -0.136. The van der Waals surface area contributed by atoms with E-state index in [1.807, 2.05) is 12.1 Å². The molecule has 13 heavy (non-hydrogen) atoms. The molecule has 0 unspecified atom stereocenters. The van der Waals surface area contributed by atoms with E-state index < -0.39 is 0 Å². The van der Waals surface area contributed by atoms with Crippen LogP contribution in [0, 0.1) is 0 Å². The summed E-state index contributed by atoms with van der Waals surface area (Å²) in [5.74, 6) is 0.518. The Bertz CT molecular complexity index is 437. The van der Waals surface area contributed by atoms with Gasteiger partial charge in [-0.1, -0.05) is 24.3 Å². The highest BCUT2D eigenvalue weighted by molar-refractivity contribution is 5.92. The first-order chi connectivity index (χ1) is 6.33. The first-order valence-corrected chi connectivity index (χ1v) is 3.85. The van der Waals surface area contributed by atoms with Gasteiger partial charge in [0.1, 0.15) is 5.75 Å². The molecule has 0 fully saturated rings. The van der Waals surface area contributed by atoms with E-state index in [0.717, 1.165) is 0 Å². The number of aromatic hydroxyl groups is 1. The third-order valence-corrected chi connectivity index (χ3v) is 1.96. The highest BCUT2D eigenvalue weighted by Crippen LogP contribution is 2.31. The number of hydrogen-bond acceptors (Lipinski definition) is 3. The smallest absolute Gasteiger partial charge is 0.173 e. The lowest BCUT2D eigenvalue weighted by Gasteiger charge is -2.03. The number of benzene rings is 2. The van der Waals surface area contributed by atoms with Crippen LogP contribution >= 0.6 is 0 Å². The number of hydrogen-bond donors (Lipinski definition) is 2. The lowest BCUT2D eigenvalue weighted by atomic mass is 10.1. The first-order valence-electron chi connectivity index (χ1n) is 3.85. The minimum atomic E-state index is 0.177. The van der Waals surface area contributed by atoms with E-state index in [0.29, 0.717) is 16.5 Å². The lowest BCUT2D eigenvalue weighted by Crippen LogP contribution is -1.85. The van der Waals surface area contributed by atoms with Crippen molar-refractivity contribution in [3.8, 4) is 11.5 Å². The number of phenols is 1. The third-order valence-electron chi connectivity index (χ3n) is 1.96. The third kappa shape index (κ3) is 1.19. The minimum Gasteiger partial charge on any atom is -0.507 e. The Morgan fingerprint density at radius 2 is 1.62 bits per heavy atom. The van der Waals surface area contributed by atoms with Gasteiger partial charge in [0.25, 0.3) is 0 Å². The van der Waals surface area contributed by atoms with Crippen LogP contribution in [-0.4, -0.2) is 10.4 Å². The number of fused-ring (bicyclic) bond motifs is 1. The minimum absolute atomic E-state index is 0.177. The Labute approximate surface area is 74.7 Å². The molecule has 0 atom stereocenters. The van der Waals surface area contributed by atoms with Crippen molar-refractivity contribution in [1.29, 1.82) is 0 Å². The van der Waals surface area contributed by atoms with E-state index >= 15 is 0 Å². The van der Waals surface area contributed by atoms with Crippen LogP contribution in [0.2, 0.25) is 0 Å². The molecule has 0 spiro atoms. The summed E-state index contributed by atoms with van der Waals surface area (Å²) >= 11 is 0. The highest BCUT2D eigenvalue weighted by Gasteiger charge is 2.04. The van der Waals surface area contributed by atoms with Crippen LogP contribution in [0.25, 0.3) is 10.8 Å². The molecule has 3 nitrogen and oxygen atoms in total. The fourth-order valence-corrected chi connectivity index (χ4v) is 1.34. The fourth-order valence-electron chi connectivity index (χ4n) is 1.34. The molecule has 0 saturated carbocycles. The summed E-state index contributed by atoms with van der Waals surface area (Å²) in [6.45, 7) is 0. The monoisotopic (exact) mass is 176 g/mol. The largest absolute Gasteiger partial charge is 0.507 e. The molecule has 0 amide bonds. The molecule has 0 saturated heterocycles. The molecule has 66 valence electrons. The Balaban J connectivity index is 2.84. The van der Waals surface area contributed by atoms with Crippen LogP contribution in [0.1, 0.15) is 0 Å². The SMILES string of the molecule is OOc1ccc(O)c2ccccc12. The van der Waals surface area contributed by atoms with Gasteiger partial charge in [0.05, 0.1) is 0 Å². The number of phenolic OH excluding ortho intramolecular Hbond substituents is 1. The van der Waals surface area contributed by atoms with Gasteiger partial charge in [-0.25, -0.2) is 5.26 Å². The van der Waals surface area contributed by atoms with Crippen molar-refractivity contribution >= 4 is 10.8 Å². The van der Waals surface area contributed by atoms with E-state index in [1.54, 1.807) is 12.1 Å². The van der Waals surface area contributed by atoms with Gasteiger partial charge in [-0.05, 0) is 12.1 Å². The molecule has 2 rings (SSSR count). The molecule has 0 aliphatic heterocycles. The Morgan fingerprint density at radius 3 is 2.31 bits per heavy atom. The van der Waals surface area contributed by atoms with Gasteiger partial charge in [-0.3, -0.25) is 0 Å². The van der Waals surface area contributed by atoms with Crippen LogP contribution in [0.5, 0.6) is 11.5 Å². The van der Waals surface area contributed by atoms with Gasteiger partial charge in [0, 0.05) is 10.8 Å². The zero-order valence-electron chi connectivity index (χ0n) is 6.77. The fraction of sp³-hybridized carbons (Fsp3) is 0. The maximum Gasteiger partial charge on any atom is 0.173 e. The highest BCUT2D eigenvalue weighted by atomic mass is 17.1. The van der Waals surface area contributed by atoms with E-state index in [2.05, 4.69) is 4.89 Å². The molecule has 0 bridgehead atoms. The predicted octanol–water partition coefficient (Wildman–Crippen LogP) is 2.40. The normalized spacial score (nSPS) is 10.2. The van der Waals surface area contributed by atoms with Gasteiger partial charge in [0.2, 0.25) is 0 Å². The van der Waals surface area contributed by atoms with Crippen LogP contribution in [0.3, 0.4) is 0 Å². The molecule has 0 aromatic heterocycles. The molecular weight excluding hydrogens is 168 g/mol. The molecule has 3 heteroatoms. The first kappa shape index (κ1) is 7.89. The average molecular weight is 176 g/mol. The van der Waals surface area contributed by atoms with Crippen molar-refractivity contribution in [3.05, 3.63) is 36.4 Å². The van der Waals surface area contributed by atoms with E-state index in [-0.39, 0.29) is 5.75 Å². The van der Waals surface area contributed by atoms with Crippen molar-refractivity contribution in [3.63, 3.8) is 0 Å². The summed E-state index contributed by atoms with van der Waals surface area (Å²) in [6.07, 6.45) is 0. The van der Waals surface area contributed by atoms with Crippen molar-refractivity contribution in [1.82, 2.24) is 0 Å². The van der Waals surface area contributed by atoms with Gasteiger partial charge in [-0.2, -0.15) is 0 Å². The molecule has 0 aliphatic rings. The van der Waals surface area contributed by atoms with Crippen LogP contribution < -0.4 is 4.89 Å². The van der Waals surface area contributed by atoms with Crippen LogP contribution in [0.15, 0.2) is 36.4 Å². The second-order valence-electron chi connectivity index (χ2n) is 2.72. The van der Waals surface area contributed by atoms with Gasteiger partial charge >= 0.3 is 0 Å². The summed E-state index contributed by atoms with van der Waals surface area (Å²) in [4.78, 5) is 4.17. The predicted molar refractivity (Wildman–Crippen MR) is 48.9 cm³/mol. The standard InChI is InChI=1S/C10H8O3/c11-9-5-6-10(13-12)8-4-2-1-3-7(8)9/h1-6,11-12H. The molecule has 2 aromatic rings. The summed E-state index contributed by atoms with van der Waals surface area (Å²) in [6, 6.07) is 10.1. The van der Waals surface area contributed by atoms with Crippen LogP contribution in [0.4, 0.5) is 0 Å². The summed E-state index contributed by atoms with van der Waals surface area (Å²) in [5.41, 5.74) is 0. The Kier molecular flexibility index (Phi) is 1.79. The molecule has 0 aliphatic carbocycles. The summed E-state index contributed by atoms with van der Waals surface area (Å²) in [7, 11) is 0. The summed E-state index contributed by atoms with van der Waals surface area (Å²) in [5, 5.41) is 19.3. The topological polar surface area (TPSA) is 49.7 Å². The Morgan fingerprint density at radius 1 is 0.923 bits per heavy atom. The zero-order valence-corrected chi connectivity index (χ0v) is 6.77. The van der Waals surface area contributed by atoms with Crippen molar-refractivity contribution in [2.24, 2.45) is 0 Å². The molecule has 0 radical (unpaired) electrons. The van der Waals surface area contributed by atoms with Crippen molar-refractivity contribution in [2.75, 3.05) is 0 Å². The summed E-state index contributed by atoms with van der Waals surface area (Å²) < 4.78 is 0. The van der Waals surface area contributed by atoms with Gasteiger partial charge in [-0.15, -0.1) is 0 Å². The van der Waals surface area contributed by atoms with E-state index in [9.17, 15) is 5.11 Å². The molecule has 2 N–H and O–H groups in total. The zero-order chi connectivity index (χ0) is 9.26. The molecule has 0 heterocycles. The maximum absolute atomic E-state index is 9.45. The van der Waals surface area contributed by atoms with Crippen molar-refractivity contribution in [2.45, 2.75) is 0 Å². The average Bonchev–Trinajstić information content (AvgIpc) is 2.19. The van der Waals surface area contributed by atoms with Gasteiger partial charge < -0.3 is 9.99 Å². The van der Waals surface area contributed by atoms with E-state index in [4.69, 9.17) is 5.26 Å². The molecule has 2 aromatic carbocycles. The van der Waals surface area contributed by atoms with Crippen molar-refractivity contribution < 1.29 is 15.3 Å². The molecular formula is C10H8O3. The second-order valence-corrected chi connectivity index (χ2v) is 2.72. The number of rotatable bonds is 1. The maximum atomic E-state index is 9.45. The Hall–Kier alpha value is -1.74. The second kappa shape index (κ2) is 2.95. The van der Waals surface area contributed by atoms with Gasteiger partial charge in [0.15, 0.2) is 5.75 Å². The van der Waals surface area contributed by atoms with Crippen LogP contribution in [-0.2, 0) is 0 Å². The van der Waals surface area contributed by atoms with E-state index in [1.165, 1.54) is 12.1 Å². The quantitative estimate of drug-likeness (QED) is 0.518.